The smallest absolute Gasteiger partial charge is 0.288 e. The Bertz CT molecular complexity index is 275. The monoisotopic (exact) mass is 170 g/mol. The summed E-state index contributed by atoms with van der Waals surface area (Å²) in [5, 5.41) is 12.6. The number of nitrogens with one attached hydrogen (secondary N) is 1. The van der Waals surface area contributed by atoms with E-state index in [0.717, 1.165) is 0 Å². The predicted molar refractivity (Wildman–Crippen MR) is 41.2 cm³/mol. The number of rotatable bonds is 1. The van der Waals surface area contributed by atoms with Gasteiger partial charge in [-0.05, 0) is 18.2 Å². The third-order valence-electron chi connectivity index (χ3n) is 1.07. The van der Waals surface area contributed by atoms with Crippen LogP contribution in [0.2, 0.25) is 5.02 Å². The zero-order valence-electron chi connectivity index (χ0n) is 5.50. The molecule has 0 saturated carbocycles. The lowest BCUT2D eigenvalue weighted by Crippen LogP contribution is -2.04. The molecule has 1 rings (SSSR count). The first-order valence-electron chi connectivity index (χ1n) is 2.92. The minimum Gasteiger partial charge on any atom is -0.288 e. The van der Waals surface area contributed by atoms with Crippen molar-refractivity contribution in [1.29, 1.82) is 0 Å². The average molecular weight is 171 g/mol. The van der Waals surface area contributed by atoms with Crippen molar-refractivity contribution >= 4 is 23.4 Å². The van der Waals surface area contributed by atoms with E-state index in [1.165, 1.54) is 6.07 Å². The van der Waals surface area contributed by atoms with E-state index in [1.54, 1.807) is 18.2 Å². The summed E-state index contributed by atoms with van der Waals surface area (Å²) in [5.74, 6) is 0. The zero-order chi connectivity index (χ0) is 8.27. The van der Waals surface area contributed by atoms with E-state index in [0.29, 0.717) is 10.7 Å². The Labute approximate surface area is 68.6 Å². The lowest BCUT2D eigenvalue weighted by atomic mass is 10.3. The number of benzene rings is 1. The second kappa shape index (κ2) is 3.25. The van der Waals surface area contributed by atoms with Crippen molar-refractivity contribution < 1.29 is 9.90 Å². The summed E-state index contributed by atoms with van der Waals surface area (Å²) >= 11 is 5.57. The highest BCUT2D eigenvalue weighted by Crippen LogP contribution is 2.14. The molecule has 1 aromatic rings. The second-order valence-electron chi connectivity index (χ2n) is 1.92. The van der Waals surface area contributed by atoms with Crippen LogP contribution in [-0.2, 0) is 5.11 Å². The number of hydrogen-bond acceptors (Lipinski definition) is 1. The SMILES string of the molecule is [O]C(=O)Nc1cccc(Cl)c1. The quantitative estimate of drug-likeness (QED) is 0.691. The Morgan fingerprint density at radius 1 is 1.45 bits per heavy atom. The van der Waals surface area contributed by atoms with E-state index in [-0.39, 0.29) is 0 Å². The lowest BCUT2D eigenvalue weighted by Gasteiger charge is -1.97. The molecular formula is C7H5ClNO2. The average Bonchev–Trinajstić information content (AvgIpc) is 1.85. The van der Waals surface area contributed by atoms with E-state index < -0.39 is 6.09 Å². The minimum atomic E-state index is -1.34. The van der Waals surface area contributed by atoms with Crippen molar-refractivity contribution in [1.82, 2.24) is 0 Å². The van der Waals surface area contributed by atoms with Crippen LogP contribution in [0.3, 0.4) is 0 Å². The lowest BCUT2D eigenvalue weighted by molar-refractivity contribution is 0.185. The van der Waals surface area contributed by atoms with E-state index in [9.17, 15) is 9.90 Å². The summed E-state index contributed by atoms with van der Waals surface area (Å²) in [6, 6.07) is 6.38. The molecule has 0 aliphatic heterocycles. The van der Waals surface area contributed by atoms with Gasteiger partial charge in [0.15, 0.2) is 0 Å². The molecule has 3 nitrogen and oxygen atoms in total. The van der Waals surface area contributed by atoms with Gasteiger partial charge in [-0.2, -0.15) is 0 Å². The van der Waals surface area contributed by atoms with Gasteiger partial charge in [0, 0.05) is 10.7 Å². The third kappa shape index (κ3) is 2.47. The first-order chi connectivity index (χ1) is 5.18. The highest BCUT2D eigenvalue weighted by Gasteiger charge is 1.98. The van der Waals surface area contributed by atoms with E-state index >= 15 is 0 Å². The highest BCUT2D eigenvalue weighted by molar-refractivity contribution is 6.30. The number of amides is 1. The summed E-state index contributed by atoms with van der Waals surface area (Å²) in [7, 11) is 0. The molecule has 11 heavy (non-hydrogen) atoms. The van der Waals surface area contributed by atoms with Crippen molar-refractivity contribution in [2.24, 2.45) is 0 Å². The van der Waals surface area contributed by atoms with Gasteiger partial charge in [0.25, 0.3) is 0 Å². The van der Waals surface area contributed by atoms with Crippen molar-refractivity contribution in [3.8, 4) is 0 Å². The van der Waals surface area contributed by atoms with Crippen molar-refractivity contribution in [3.05, 3.63) is 29.3 Å². The molecule has 57 valence electrons. The fraction of sp³-hybridized carbons (Fsp3) is 0. The normalized spacial score (nSPS) is 9.18. The molecule has 0 heterocycles. The molecule has 4 heteroatoms. The topological polar surface area (TPSA) is 49.0 Å². The Kier molecular flexibility index (Phi) is 2.33. The van der Waals surface area contributed by atoms with Crippen LogP contribution in [0.5, 0.6) is 0 Å². The van der Waals surface area contributed by atoms with Crippen LogP contribution in [0.15, 0.2) is 24.3 Å². The van der Waals surface area contributed by atoms with Gasteiger partial charge in [0.1, 0.15) is 0 Å². The molecule has 0 spiro atoms. The van der Waals surface area contributed by atoms with Gasteiger partial charge < -0.3 is 0 Å². The van der Waals surface area contributed by atoms with Gasteiger partial charge in [-0.1, -0.05) is 17.7 Å². The summed E-state index contributed by atoms with van der Waals surface area (Å²) in [6.45, 7) is 0. The molecule has 0 fully saturated rings. The minimum absolute atomic E-state index is 0.414. The molecule has 0 aliphatic rings. The molecule has 1 amide bonds. The number of hydrogen-bond donors (Lipinski definition) is 1. The Balaban J connectivity index is 2.79. The first-order valence-corrected chi connectivity index (χ1v) is 3.30. The Hall–Kier alpha value is -1.22. The Morgan fingerprint density at radius 3 is 2.73 bits per heavy atom. The molecule has 0 atom stereocenters. The largest absolute Gasteiger partial charge is 0.454 e. The maximum atomic E-state index is 10.0. The summed E-state index contributed by atoms with van der Waals surface area (Å²) in [6.07, 6.45) is -1.34. The van der Waals surface area contributed by atoms with Gasteiger partial charge in [-0.25, -0.2) is 9.90 Å². The summed E-state index contributed by atoms with van der Waals surface area (Å²) in [4.78, 5) is 10.0. The highest BCUT2D eigenvalue weighted by atomic mass is 35.5. The van der Waals surface area contributed by atoms with Crippen molar-refractivity contribution in [3.63, 3.8) is 0 Å². The molecule has 1 N–H and O–H groups in total. The standard InChI is InChI=1S/C7H5ClNO2/c8-5-2-1-3-6(4-5)9-7(10)11/h1-4,9H. The third-order valence-corrected chi connectivity index (χ3v) is 1.31. The van der Waals surface area contributed by atoms with Gasteiger partial charge >= 0.3 is 6.09 Å². The van der Waals surface area contributed by atoms with E-state index in [4.69, 9.17) is 11.6 Å². The van der Waals surface area contributed by atoms with Crippen LogP contribution in [0, 0.1) is 0 Å². The maximum Gasteiger partial charge on any atom is 0.454 e. The molecule has 0 unspecified atom stereocenters. The summed E-state index contributed by atoms with van der Waals surface area (Å²) in [5.41, 5.74) is 0.414. The summed E-state index contributed by atoms with van der Waals surface area (Å²) < 4.78 is 0. The second-order valence-corrected chi connectivity index (χ2v) is 2.36. The predicted octanol–water partition coefficient (Wildman–Crippen LogP) is 2.30. The van der Waals surface area contributed by atoms with Crippen LogP contribution < -0.4 is 5.32 Å². The fourth-order valence-corrected chi connectivity index (χ4v) is 0.874. The zero-order valence-corrected chi connectivity index (χ0v) is 6.26. The molecule has 0 bridgehead atoms. The molecule has 0 aromatic heterocycles. The molecule has 0 aliphatic carbocycles. The van der Waals surface area contributed by atoms with Crippen LogP contribution in [-0.4, -0.2) is 6.09 Å². The number of halogens is 1. The van der Waals surface area contributed by atoms with Gasteiger partial charge in [0.2, 0.25) is 0 Å². The van der Waals surface area contributed by atoms with Gasteiger partial charge in [-0.15, -0.1) is 0 Å². The van der Waals surface area contributed by atoms with Gasteiger partial charge in [-0.3, -0.25) is 5.32 Å². The first kappa shape index (κ1) is 7.88. The number of carbonyl (C=O) groups is 1. The molecule has 1 radical (unpaired) electrons. The maximum absolute atomic E-state index is 10.0. The van der Waals surface area contributed by atoms with Gasteiger partial charge in [0.05, 0.1) is 0 Å². The van der Waals surface area contributed by atoms with E-state index in [2.05, 4.69) is 5.32 Å². The molecular weight excluding hydrogens is 166 g/mol. The van der Waals surface area contributed by atoms with Crippen LogP contribution in [0.25, 0.3) is 0 Å². The van der Waals surface area contributed by atoms with Crippen molar-refractivity contribution in [2.45, 2.75) is 0 Å². The van der Waals surface area contributed by atoms with Crippen LogP contribution >= 0.6 is 11.6 Å². The molecule has 0 saturated heterocycles. The van der Waals surface area contributed by atoms with Crippen LogP contribution in [0.4, 0.5) is 10.5 Å². The fourth-order valence-electron chi connectivity index (χ4n) is 0.684. The number of carbonyl (C=O) groups excluding carboxylic acids is 1. The number of anilines is 1. The van der Waals surface area contributed by atoms with Crippen LogP contribution in [0.1, 0.15) is 0 Å². The van der Waals surface area contributed by atoms with E-state index in [1.807, 2.05) is 0 Å². The Morgan fingerprint density at radius 2 is 2.18 bits per heavy atom. The van der Waals surface area contributed by atoms with Crippen molar-refractivity contribution in [2.75, 3.05) is 5.32 Å². The molecule has 1 aromatic carbocycles.